The molecule has 1 N–H and O–H groups in total. The molecule has 0 aliphatic rings. The van der Waals surface area contributed by atoms with E-state index < -0.39 is 0 Å². The van der Waals surface area contributed by atoms with Crippen molar-refractivity contribution in [3.8, 4) is 0 Å². The summed E-state index contributed by atoms with van der Waals surface area (Å²) in [6.45, 7) is 9.43. The van der Waals surface area contributed by atoms with Crippen molar-refractivity contribution in [3.05, 3.63) is 0 Å². The maximum Gasteiger partial charge on any atom is 0.149 e. The second-order valence-corrected chi connectivity index (χ2v) is 4.31. The van der Waals surface area contributed by atoms with Crippen molar-refractivity contribution in [1.29, 1.82) is 0 Å². The van der Waals surface area contributed by atoms with Crippen LogP contribution in [0.1, 0.15) is 34.6 Å². The van der Waals surface area contributed by atoms with Gasteiger partial charge in [0.25, 0.3) is 0 Å². The van der Waals surface area contributed by atoms with Gasteiger partial charge in [-0.05, 0) is 41.7 Å². The van der Waals surface area contributed by atoms with Crippen LogP contribution in [0.3, 0.4) is 0 Å². The van der Waals surface area contributed by atoms with Gasteiger partial charge in [0.2, 0.25) is 0 Å². The monoisotopic (exact) mass is 187 g/mol. The van der Waals surface area contributed by atoms with Crippen LogP contribution in [0.2, 0.25) is 0 Å². The molecule has 78 valence electrons. The zero-order chi connectivity index (χ0) is 10.6. The zero-order valence-electron chi connectivity index (χ0n) is 9.47. The first-order valence-corrected chi connectivity index (χ1v) is 4.63. The third kappa shape index (κ3) is 5.01. The molecule has 3 nitrogen and oxygen atoms in total. The molecule has 0 aliphatic carbocycles. The Hall–Kier alpha value is -0.410. The predicted octanol–water partition coefficient (Wildman–Crippen LogP) is 1.37. The normalized spacial score (nSPS) is 16.8. The number of hydrogen-bond acceptors (Lipinski definition) is 3. The van der Waals surface area contributed by atoms with E-state index in [9.17, 15) is 4.79 Å². The summed E-state index contributed by atoms with van der Waals surface area (Å²) in [6.07, 6.45) is -0.0949. The van der Waals surface area contributed by atoms with Crippen LogP contribution in [0, 0.1) is 0 Å². The van der Waals surface area contributed by atoms with Gasteiger partial charge in [-0.15, -0.1) is 0 Å². The van der Waals surface area contributed by atoms with Crippen LogP contribution in [0.4, 0.5) is 0 Å². The lowest BCUT2D eigenvalue weighted by atomic mass is 10.1. The van der Waals surface area contributed by atoms with Gasteiger partial charge < -0.3 is 10.1 Å². The molecule has 0 aromatic carbocycles. The Morgan fingerprint density at radius 2 is 1.85 bits per heavy atom. The molecule has 0 heterocycles. The minimum Gasteiger partial charge on any atom is -0.371 e. The number of ketones is 1. The number of nitrogens with one attached hydrogen (secondary N) is 1. The largest absolute Gasteiger partial charge is 0.371 e. The van der Waals surface area contributed by atoms with Crippen molar-refractivity contribution in [2.24, 2.45) is 0 Å². The molecule has 0 saturated heterocycles. The second kappa shape index (κ2) is 4.72. The van der Waals surface area contributed by atoms with Crippen molar-refractivity contribution < 1.29 is 9.53 Å². The Morgan fingerprint density at radius 3 is 2.08 bits per heavy atom. The second-order valence-electron chi connectivity index (χ2n) is 4.31. The maximum absolute atomic E-state index is 11.2. The lowest BCUT2D eigenvalue weighted by Gasteiger charge is -2.29. The van der Waals surface area contributed by atoms with Gasteiger partial charge in [0, 0.05) is 0 Å². The van der Waals surface area contributed by atoms with Gasteiger partial charge in [-0.2, -0.15) is 0 Å². The molecule has 3 heteroatoms. The van der Waals surface area contributed by atoms with Crippen LogP contribution in [-0.4, -0.2) is 30.6 Å². The molecule has 0 rings (SSSR count). The third-order valence-corrected chi connectivity index (χ3v) is 1.76. The van der Waals surface area contributed by atoms with Crippen LogP contribution in [0.5, 0.6) is 0 Å². The van der Waals surface area contributed by atoms with Crippen molar-refractivity contribution in [1.82, 2.24) is 5.32 Å². The zero-order valence-corrected chi connectivity index (χ0v) is 9.47. The van der Waals surface area contributed by atoms with Gasteiger partial charge in [0.1, 0.15) is 5.78 Å². The average molecular weight is 187 g/mol. The fraction of sp³-hybridized carbons (Fsp3) is 0.900. The van der Waals surface area contributed by atoms with Gasteiger partial charge in [-0.3, -0.25) is 4.79 Å². The van der Waals surface area contributed by atoms with E-state index in [0.29, 0.717) is 0 Å². The topological polar surface area (TPSA) is 38.3 Å². The Morgan fingerprint density at radius 1 is 1.38 bits per heavy atom. The Labute approximate surface area is 80.8 Å². The summed E-state index contributed by atoms with van der Waals surface area (Å²) >= 11 is 0. The average Bonchev–Trinajstić information content (AvgIpc) is 1.82. The van der Waals surface area contributed by atoms with E-state index in [1.54, 1.807) is 14.0 Å². The number of rotatable bonds is 4. The summed E-state index contributed by atoms with van der Waals surface area (Å²) in [5, 5.41) is 2.95. The highest BCUT2D eigenvalue weighted by molar-refractivity contribution is 5.82. The summed E-state index contributed by atoms with van der Waals surface area (Å²) in [5.41, 5.74) is -0.204. The summed E-state index contributed by atoms with van der Waals surface area (Å²) in [7, 11) is 1.77. The molecule has 2 atom stereocenters. The quantitative estimate of drug-likeness (QED) is 0.722. The van der Waals surface area contributed by atoms with Gasteiger partial charge in [-0.25, -0.2) is 0 Å². The van der Waals surface area contributed by atoms with Crippen LogP contribution in [0.15, 0.2) is 0 Å². The van der Waals surface area contributed by atoms with Crippen LogP contribution in [-0.2, 0) is 9.53 Å². The van der Waals surface area contributed by atoms with Gasteiger partial charge >= 0.3 is 0 Å². The molecule has 0 spiro atoms. The first kappa shape index (κ1) is 12.6. The summed E-state index contributed by atoms with van der Waals surface area (Å²) in [5.74, 6) is 0.110. The summed E-state index contributed by atoms with van der Waals surface area (Å²) in [6, 6.07) is -0.209. The molecule has 0 aromatic rings. The molecule has 0 radical (unpaired) electrons. The smallest absolute Gasteiger partial charge is 0.149 e. The number of hydrogen-bond donors (Lipinski definition) is 1. The number of likely N-dealkylation sites (N-methyl/N-ethyl adjacent to an activating group) is 1. The van der Waals surface area contributed by atoms with E-state index in [1.165, 1.54) is 0 Å². The molecule has 2 unspecified atom stereocenters. The molecule has 13 heavy (non-hydrogen) atoms. The Balaban J connectivity index is 4.22. The molecule has 0 fully saturated rings. The Bertz CT molecular complexity index is 172. The molecule has 0 aliphatic heterocycles. The van der Waals surface area contributed by atoms with E-state index in [-0.39, 0.29) is 23.5 Å². The number of ether oxygens (including phenoxy) is 1. The van der Waals surface area contributed by atoms with E-state index in [4.69, 9.17) is 4.74 Å². The lowest BCUT2D eigenvalue weighted by Crippen LogP contribution is -2.45. The fourth-order valence-corrected chi connectivity index (χ4v) is 1.39. The predicted molar refractivity (Wildman–Crippen MR) is 53.8 cm³/mol. The molecule has 0 saturated carbocycles. The number of Topliss-reactive ketones (excluding diaryl/α,β-unsaturated/α-hetero) is 1. The van der Waals surface area contributed by atoms with Crippen molar-refractivity contribution >= 4 is 5.78 Å². The molecule has 0 amide bonds. The highest BCUT2D eigenvalue weighted by Gasteiger charge is 2.24. The minimum absolute atomic E-state index is 0.0949. The van der Waals surface area contributed by atoms with E-state index >= 15 is 0 Å². The van der Waals surface area contributed by atoms with Crippen molar-refractivity contribution in [2.45, 2.75) is 52.4 Å². The number of carbonyl (C=O) groups is 1. The summed E-state index contributed by atoms with van der Waals surface area (Å²) in [4.78, 5) is 11.2. The highest BCUT2D eigenvalue weighted by Crippen LogP contribution is 2.13. The SMILES string of the molecule is CNC(C(C)=O)C(C)OC(C)(C)C. The highest BCUT2D eigenvalue weighted by atomic mass is 16.5. The number of carbonyl (C=O) groups excluding carboxylic acids is 1. The van der Waals surface area contributed by atoms with Crippen molar-refractivity contribution in [3.63, 3.8) is 0 Å². The van der Waals surface area contributed by atoms with E-state index in [1.807, 2.05) is 27.7 Å². The molecular weight excluding hydrogens is 166 g/mol. The van der Waals surface area contributed by atoms with Gasteiger partial charge in [-0.1, -0.05) is 0 Å². The van der Waals surface area contributed by atoms with E-state index in [2.05, 4.69) is 5.32 Å². The molecule has 0 bridgehead atoms. The summed E-state index contributed by atoms with van der Waals surface area (Å²) < 4.78 is 5.67. The first-order valence-electron chi connectivity index (χ1n) is 4.63. The lowest BCUT2D eigenvalue weighted by molar-refractivity contribution is -0.126. The van der Waals surface area contributed by atoms with Gasteiger partial charge in [0.05, 0.1) is 17.7 Å². The van der Waals surface area contributed by atoms with Gasteiger partial charge in [0.15, 0.2) is 0 Å². The maximum atomic E-state index is 11.2. The van der Waals surface area contributed by atoms with Crippen LogP contribution < -0.4 is 5.32 Å². The first-order chi connectivity index (χ1) is 5.78. The standard InChI is InChI=1S/C10H21NO2/c1-7(12)9(11-6)8(2)13-10(3,4)5/h8-9,11H,1-6H3. The Kier molecular flexibility index (Phi) is 4.57. The van der Waals surface area contributed by atoms with E-state index in [0.717, 1.165) is 0 Å². The minimum atomic E-state index is -0.209. The third-order valence-electron chi connectivity index (χ3n) is 1.76. The fourth-order valence-electron chi connectivity index (χ4n) is 1.39. The molecule has 0 aromatic heterocycles. The van der Waals surface area contributed by atoms with Crippen LogP contribution >= 0.6 is 0 Å². The van der Waals surface area contributed by atoms with Crippen LogP contribution in [0.25, 0.3) is 0 Å². The van der Waals surface area contributed by atoms with Crippen molar-refractivity contribution in [2.75, 3.05) is 7.05 Å². The molecular formula is C10H21NO2.